The van der Waals surface area contributed by atoms with Crippen LogP contribution in [0.4, 0.5) is 5.69 Å². The summed E-state index contributed by atoms with van der Waals surface area (Å²) >= 11 is 3.21. The predicted octanol–water partition coefficient (Wildman–Crippen LogP) is 0.763. The summed E-state index contributed by atoms with van der Waals surface area (Å²) in [6, 6.07) is 2.17. The Balaban J connectivity index is 2.34. The summed E-state index contributed by atoms with van der Waals surface area (Å²) in [4.78, 5) is 16.5. The van der Waals surface area contributed by atoms with E-state index in [1.165, 1.54) is 30.8 Å². The molecule has 0 unspecified atom stereocenters. The molecule has 11 heteroatoms. The third kappa shape index (κ3) is 4.93. The second-order valence-corrected chi connectivity index (χ2v) is 8.55. The molecule has 0 aliphatic rings. The highest BCUT2D eigenvalue weighted by Gasteiger charge is 2.28. The maximum Gasteiger partial charge on any atom is 0.272 e. The lowest BCUT2D eigenvalue weighted by Crippen LogP contribution is -2.44. The first-order valence-electron chi connectivity index (χ1n) is 7.97. The number of carbonyl (C=O) groups is 1. The highest BCUT2D eigenvalue weighted by atomic mass is 79.9. The normalized spacial score (nSPS) is 14.0. The van der Waals surface area contributed by atoms with Gasteiger partial charge in [0.05, 0.1) is 18.8 Å². The number of rotatable bonds is 7. The molecule has 0 bridgehead atoms. The van der Waals surface area contributed by atoms with Crippen molar-refractivity contribution < 1.29 is 23.4 Å². The van der Waals surface area contributed by atoms with Crippen molar-refractivity contribution in [2.24, 2.45) is 7.05 Å². The lowest BCUT2D eigenvalue weighted by molar-refractivity contribution is 0.101. The van der Waals surface area contributed by atoms with E-state index in [0.717, 1.165) is 0 Å². The van der Waals surface area contributed by atoms with Gasteiger partial charge in [0.25, 0.3) is 5.91 Å². The van der Waals surface area contributed by atoms with Crippen molar-refractivity contribution in [3.63, 3.8) is 0 Å². The van der Waals surface area contributed by atoms with Gasteiger partial charge in [-0.15, -0.1) is 0 Å². The first kappa shape index (κ1) is 21.5. The molecule has 0 aliphatic carbocycles. The van der Waals surface area contributed by atoms with E-state index in [2.05, 4.69) is 31.0 Å². The van der Waals surface area contributed by atoms with Crippen molar-refractivity contribution in [3.05, 3.63) is 40.4 Å². The Hall–Kier alpha value is -1.79. The fraction of sp³-hybridized carbons (Fsp3) is 0.375. The number of anilines is 1. The summed E-state index contributed by atoms with van der Waals surface area (Å²) in [6.45, 7) is 2.32. The van der Waals surface area contributed by atoms with E-state index in [9.17, 15) is 23.4 Å². The van der Waals surface area contributed by atoms with E-state index in [1.54, 1.807) is 19.2 Å². The van der Waals surface area contributed by atoms with Crippen molar-refractivity contribution in [2.45, 2.75) is 30.9 Å². The Labute approximate surface area is 165 Å². The molecule has 4 N–H and O–H groups in total. The molecule has 148 valence electrons. The zero-order valence-electron chi connectivity index (χ0n) is 15.0. The van der Waals surface area contributed by atoms with Crippen LogP contribution in [0.1, 0.15) is 23.0 Å². The quantitative estimate of drug-likeness (QED) is 0.450. The fourth-order valence-corrected chi connectivity index (χ4v) is 4.50. The molecule has 9 nitrogen and oxygen atoms in total. The molecule has 2 heterocycles. The largest absolute Gasteiger partial charge is 0.395 e. The topological polar surface area (TPSA) is 134 Å². The predicted molar refractivity (Wildman–Crippen MR) is 103 cm³/mol. The molecule has 0 aromatic carbocycles. The second kappa shape index (κ2) is 8.48. The lowest BCUT2D eigenvalue weighted by Gasteiger charge is -2.18. The van der Waals surface area contributed by atoms with Crippen molar-refractivity contribution in [1.82, 2.24) is 14.3 Å². The molecular weight excluding hydrogens is 440 g/mol. The van der Waals surface area contributed by atoms with Crippen LogP contribution < -0.4 is 10.0 Å². The van der Waals surface area contributed by atoms with E-state index in [4.69, 9.17) is 0 Å². The number of hydrogen-bond donors (Lipinski definition) is 4. The number of amides is 1. The Kier molecular flexibility index (Phi) is 6.76. The number of carbonyl (C=O) groups excluding carboxylic acids is 1. The minimum atomic E-state index is -4.05. The van der Waals surface area contributed by atoms with Gasteiger partial charge in [0.1, 0.15) is 15.2 Å². The summed E-state index contributed by atoms with van der Waals surface area (Å²) < 4.78 is 29.5. The van der Waals surface area contributed by atoms with Gasteiger partial charge in [-0.2, -0.15) is 0 Å². The van der Waals surface area contributed by atoms with Gasteiger partial charge in [-0.1, -0.05) is 0 Å². The Morgan fingerprint density at radius 2 is 2.11 bits per heavy atom. The number of pyridine rings is 1. The zero-order valence-corrected chi connectivity index (χ0v) is 17.4. The molecule has 27 heavy (non-hydrogen) atoms. The molecule has 2 aromatic rings. The van der Waals surface area contributed by atoms with Crippen LogP contribution >= 0.6 is 15.9 Å². The van der Waals surface area contributed by atoms with Crippen LogP contribution in [0.3, 0.4) is 0 Å². The van der Waals surface area contributed by atoms with Crippen LogP contribution in [-0.2, 0) is 17.1 Å². The Morgan fingerprint density at radius 1 is 1.44 bits per heavy atom. The van der Waals surface area contributed by atoms with Crippen LogP contribution in [0, 0.1) is 6.92 Å². The van der Waals surface area contributed by atoms with Crippen LogP contribution in [-0.4, -0.2) is 52.8 Å². The van der Waals surface area contributed by atoms with E-state index < -0.39 is 34.7 Å². The van der Waals surface area contributed by atoms with E-state index in [1.807, 2.05) is 0 Å². The third-order valence-electron chi connectivity index (χ3n) is 3.96. The molecule has 0 radical (unpaired) electrons. The SMILES string of the molecule is Cc1c(S(=O)(=O)N[C@H](CO)[C@H](C)O)cn(C)c1C(=O)Nc1ccnc(Br)c1. The van der Waals surface area contributed by atoms with Gasteiger partial charge in [0.15, 0.2) is 0 Å². The minimum absolute atomic E-state index is 0.106. The third-order valence-corrected chi connectivity index (χ3v) is 6.00. The van der Waals surface area contributed by atoms with Gasteiger partial charge in [-0.25, -0.2) is 18.1 Å². The van der Waals surface area contributed by atoms with Gasteiger partial charge in [-0.05, 0) is 47.5 Å². The van der Waals surface area contributed by atoms with Crippen LogP contribution in [0.2, 0.25) is 0 Å². The number of halogens is 1. The van der Waals surface area contributed by atoms with Crippen LogP contribution in [0.25, 0.3) is 0 Å². The smallest absolute Gasteiger partial charge is 0.272 e. The molecule has 2 aromatic heterocycles. The van der Waals surface area contributed by atoms with Gasteiger partial charge in [-0.3, -0.25) is 4.79 Å². The molecule has 0 fully saturated rings. The van der Waals surface area contributed by atoms with E-state index >= 15 is 0 Å². The zero-order chi connectivity index (χ0) is 20.4. The Bertz CT molecular complexity index is 942. The maximum absolute atomic E-state index is 12.6. The number of aryl methyl sites for hydroxylation is 1. The Morgan fingerprint density at radius 3 is 2.67 bits per heavy atom. The highest BCUT2D eigenvalue weighted by molar-refractivity contribution is 9.10. The molecule has 0 aliphatic heterocycles. The number of nitrogens with zero attached hydrogens (tertiary/aromatic N) is 2. The summed E-state index contributed by atoms with van der Waals surface area (Å²) in [5, 5.41) is 21.5. The van der Waals surface area contributed by atoms with Gasteiger partial charge in [0, 0.05) is 25.1 Å². The molecule has 0 saturated heterocycles. The molecular formula is C16H21BrN4O5S. The number of aromatic nitrogens is 2. The van der Waals surface area contributed by atoms with Crippen molar-refractivity contribution in [2.75, 3.05) is 11.9 Å². The maximum atomic E-state index is 12.6. The summed E-state index contributed by atoms with van der Waals surface area (Å²) in [6.07, 6.45) is 1.75. The van der Waals surface area contributed by atoms with Crippen molar-refractivity contribution in [1.29, 1.82) is 0 Å². The minimum Gasteiger partial charge on any atom is -0.395 e. The van der Waals surface area contributed by atoms with Crippen molar-refractivity contribution in [3.8, 4) is 0 Å². The number of nitrogens with one attached hydrogen (secondary N) is 2. The van der Waals surface area contributed by atoms with Gasteiger partial charge in [0.2, 0.25) is 10.0 Å². The molecule has 0 saturated carbocycles. The van der Waals surface area contributed by atoms with Crippen LogP contribution in [0.15, 0.2) is 34.0 Å². The fourth-order valence-electron chi connectivity index (χ4n) is 2.54. The second-order valence-electron chi connectivity index (χ2n) is 6.05. The lowest BCUT2D eigenvalue weighted by atomic mass is 10.2. The van der Waals surface area contributed by atoms with Gasteiger partial charge < -0.3 is 20.1 Å². The molecule has 1 amide bonds. The van der Waals surface area contributed by atoms with Crippen molar-refractivity contribution >= 4 is 37.5 Å². The van der Waals surface area contributed by atoms with E-state index in [-0.39, 0.29) is 16.2 Å². The summed E-state index contributed by atoms with van der Waals surface area (Å²) in [5.74, 6) is -0.483. The first-order chi connectivity index (χ1) is 12.6. The van der Waals surface area contributed by atoms with Crippen LogP contribution in [0.5, 0.6) is 0 Å². The standard InChI is InChI=1S/C16H21BrN4O5S/c1-9-13(27(25,26)20-12(8-22)10(2)23)7-21(3)15(9)16(24)19-11-4-5-18-14(17)6-11/h4-7,10,12,20,22-23H,8H2,1-3H3,(H,18,19,24)/t10-,12+/m0/s1. The molecule has 0 spiro atoms. The molecule has 2 rings (SSSR count). The number of aliphatic hydroxyl groups excluding tert-OH is 2. The number of hydrogen-bond acceptors (Lipinski definition) is 6. The highest BCUT2D eigenvalue weighted by Crippen LogP contribution is 2.23. The van der Waals surface area contributed by atoms with Gasteiger partial charge >= 0.3 is 0 Å². The number of aliphatic hydroxyl groups is 2. The summed E-state index contributed by atoms with van der Waals surface area (Å²) in [5.41, 5.74) is 0.915. The van der Waals surface area contributed by atoms with E-state index in [0.29, 0.717) is 10.3 Å². The average Bonchev–Trinajstić information content (AvgIpc) is 2.88. The summed E-state index contributed by atoms with van der Waals surface area (Å²) in [7, 11) is -2.49. The first-order valence-corrected chi connectivity index (χ1v) is 10.2. The average molecular weight is 461 g/mol. The monoisotopic (exact) mass is 460 g/mol. The molecule has 2 atom stereocenters. The number of sulfonamides is 1.